The van der Waals surface area contributed by atoms with Gasteiger partial charge in [-0.05, 0) is 12.1 Å². The van der Waals surface area contributed by atoms with E-state index in [0.29, 0.717) is 10.6 Å². The van der Waals surface area contributed by atoms with Gasteiger partial charge in [0, 0.05) is 22.4 Å². The predicted octanol–water partition coefficient (Wildman–Crippen LogP) is 2.16. The molecule has 100 valence electrons. The summed E-state index contributed by atoms with van der Waals surface area (Å²) in [6.07, 6.45) is 0. The third kappa shape index (κ3) is 2.54. The molecule has 1 fully saturated rings. The molecular weight excluding hydrogens is 266 g/mol. The van der Waals surface area contributed by atoms with Gasteiger partial charge in [0.25, 0.3) is 0 Å². The second-order valence-corrected chi connectivity index (χ2v) is 5.21. The van der Waals surface area contributed by atoms with Crippen LogP contribution < -0.4 is 0 Å². The highest BCUT2D eigenvalue weighted by atomic mass is 35.5. The second kappa shape index (κ2) is 5.13. The van der Waals surface area contributed by atoms with Crippen LogP contribution in [-0.4, -0.2) is 29.0 Å². The maximum absolute atomic E-state index is 12.1. The summed E-state index contributed by atoms with van der Waals surface area (Å²) in [5.74, 6) is -1.58. The number of Topliss-reactive ketones (excluding diaryl/α,β-unsaturated/α-hetero) is 1. The van der Waals surface area contributed by atoms with Crippen LogP contribution in [0.3, 0.4) is 0 Å². The van der Waals surface area contributed by atoms with E-state index in [-0.39, 0.29) is 36.0 Å². The lowest BCUT2D eigenvalue weighted by molar-refractivity contribution is -0.139. The van der Waals surface area contributed by atoms with Crippen LogP contribution in [0.1, 0.15) is 24.2 Å². The van der Waals surface area contributed by atoms with Gasteiger partial charge >= 0.3 is 0 Å². The van der Waals surface area contributed by atoms with Crippen molar-refractivity contribution in [2.24, 2.45) is 11.8 Å². The van der Waals surface area contributed by atoms with Crippen LogP contribution in [0.25, 0.3) is 0 Å². The van der Waals surface area contributed by atoms with Crippen molar-refractivity contribution in [3.63, 3.8) is 0 Å². The Morgan fingerprint density at radius 3 is 2.32 bits per heavy atom. The Kier molecular flexibility index (Phi) is 3.71. The van der Waals surface area contributed by atoms with Gasteiger partial charge in [-0.2, -0.15) is 0 Å². The molecule has 0 N–H and O–H groups in total. The molecule has 5 heteroatoms. The number of likely N-dealkylation sites (tertiary alicyclic amines) is 1. The minimum Gasteiger partial charge on any atom is -0.292 e. The number of benzene rings is 1. The lowest BCUT2D eigenvalue weighted by Gasteiger charge is -2.13. The van der Waals surface area contributed by atoms with Crippen LogP contribution in [0.2, 0.25) is 5.02 Å². The van der Waals surface area contributed by atoms with E-state index in [1.807, 2.05) is 0 Å². The standard InChI is InChI=1S/C14H14ClNO3/c1-8-9(2)14(19)16(13(8)18)7-12(17)10-4-3-5-11(15)6-10/h3-6,8-9H,7H2,1-2H3. The van der Waals surface area contributed by atoms with E-state index in [9.17, 15) is 14.4 Å². The van der Waals surface area contributed by atoms with Crippen molar-refractivity contribution in [3.05, 3.63) is 34.9 Å². The number of carbonyl (C=O) groups excluding carboxylic acids is 3. The molecule has 2 amide bonds. The second-order valence-electron chi connectivity index (χ2n) is 4.77. The zero-order chi connectivity index (χ0) is 14.2. The van der Waals surface area contributed by atoms with Gasteiger partial charge in [-0.25, -0.2) is 0 Å². The Morgan fingerprint density at radius 2 is 1.79 bits per heavy atom. The van der Waals surface area contributed by atoms with Crippen molar-refractivity contribution in [1.29, 1.82) is 0 Å². The molecule has 19 heavy (non-hydrogen) atoms. The van der Waals surface area contributed by atoms with E-state index in [1.165, 1.54) is 6.07 Å². The molecule has 0 bridgehead atoms. The molecule has 0 aliphatic carbocycles. The van der Waals surface area contributed by atoms with E-state index >= 15 is 0 Å². The Bertz CT molecular complexity index is 535. The van der Waals surface area contributed by atoms with Gasteiger partial charge in [-0.15, -0.1) is 0 Å². The third-order valence-corrected chi connectivity index (χ3v) is 3.74. The Labute approximate surface area is 116 Å². The summed E-state index contributed by atoms with van der Waals surface area (Å²) in [6, 6.07) is 6.47. The summed E-state index contributed by atoms with van der Waals surface area (Å²) >= 11 is 5.81. The first-order chi connectivity index (χ1) is 8.91. The molecule has 0 saturated carbocycles. The summed E-state index contributed by atoms with van der Waals surface area (Å²) in [7, 11) is 0. The van der Waals surface area contributed by atoms with Crippen LogP contribution >= 0.6 is 11.6 Å². The van der Waals surface area contributed by atoms with Crippen LogP contribution in [-0.2, 0) is 9.59 Å². The van der Waals surface area contributed by atoms with Crippen LogP contribution in [0.15, 0.2) is 24.3 Å². The van der Waals surface area contributed by atoms with Crippen LogP contribution in [0.5, 0.6) is 0 Å². The van der Waals surface area contributed by atoms with Crippen molar-refractivity contribution in [1.82, 2.24) is 4.90 Å². The number of amides is 2. The number of hydrogen-bond acceptors (Lipinski definition) is 3. The highest BCUT2D eigenvalue weighted by molar-refractivity contribution is 6.31. The minimum atomic E-state index is -0.361. The summed E-state index contributed by atoms with van der Waals surface area (Å²) < 4.78 is 0. The van der Waals surface area contributed by atoms with Crippen molar-refractivity contribution >= 4 is 29.2 Å². The van der Waals surface area contributed by atoms with Crippen molar-refractivity contribution < 1.29 is 14.4 Å². The maximum Gasteiger partial charge on any atom is 0.233 e. The van der Waals surface area contributed by atoms with E-state index < -0.39 is 0 Å². The van der Waals surface area contributed by atoms with Gasteiger partial charge in [0.1, 0.15) is 0 Å². The van der Waals surface area contributed by atoms with E-state index in [1.54, 1.807) is 32.0 Å². The van der Waals surface area contributed by atoms with Crippen LogP contribution in [0.4, 0.5) is 0 Å². The first kappa shape index (κ1) is 13.7. The number of imide groups is 1. The molecule has 0 aromatic heterocycles. The number of nitrogens with zero attached hydrogens (tertiary/aromatic N) is 1. The monoisotopic (exact) mass is 279 g/mol. The van der Waals surface area contributed by atoms with E-state index in [4.69, 9.17) is 11.6 Å². The van der Waals surface area contributed by atoms with Crippen LogP contribution in [0, 0.1) is 11.8 Å². The van der Waals surface area contributed by atoms with Crippen molar-refractivity contribution in [3.8, 4) is 0 Å². The fraction of sp³-hybridized carbons (Fsp3) is 0.357. The Balaban J connectivity index is 2.16. The average molecular weight is 280 g/mol. The fourth-order valence-corrected chi connectivity index (χ4v) is 2.27. The van der Waals surface area contributed by atoms with Gasteiger partial charge < -0.3 is 0 Å². The van der Waals surface area contributed by atoms with Crippen molar-refractivity contribution in [2.75, 3.05) is 6.54 Å². The summed E-state index contributed by atoms with van der Waals surface area (Å²) in [5, 5.41) is 0.451. The summed E-state index contributed by atoms with van der Waals surface area (Å²) in [5.41, 5.74) is 0.403. The fourth-order valence-electron chi connectivity index (χ4n) is 2.08. The quantitative estimate of drug-likeness (QED) is 0.629. The van der Waals surface area contributed by atoms with Gasteiger partial charge in [0.2, 0.25) is 11.8 Å². The highest BCUT2D eigenvalue weighted by Crippen LogP contribution is 2.25. The molecule has 1 heterocycles. The SMILES string of the molecule is CC1C(=O)N(CC(=O)c2cccc(Cl)c2)C(=O)C1C. The topological polar surface area (TPSA) is 54.5 Å². The normalized spacial score (nSPS) is 23.0. The number of hydrogen-bond donors (Lipinski definition) is 0. The third-order valence-electron chi connectivity index (χ3n) is 3.51. The summed E-state index contributed by atoms with van der Waals surface area (Å²) in [4.78, 5) is 36.9. The summed E-state index contributed by atoms with van der Waals surface area (Å²) in [6.45, 7) is 3.19. The molecule has 2 atom stereocenters. The van der Waals surface area contributed by atoms with E-state index in [0.717, 1.165) is 4.90 Å². The molecule has 0 radical (unpaired) electrons. The molecule has 4 nitrogen and oxygen atoms in total. The molecule has 2 rings (SSSR count). The van der Waals surface area contributed by atoms with Gasteiger partial charge in [0.15, 0.2) is 5.78 Å². The Morgan fingerprint density at radius 1 is 1.21 bits per heavy atom. The highest BCUT2D eigenvalue weighted by Gasteiger charge is 2.42. The average Bonchev–Trinajstić information content (AvgIpc) is 2.56. The lowest BCUT2D eigenvalue weighted by atomic mass is 10.00. The molecule has 0 spiro atoms. The molecule has 1 aromatic rings. The minimum absolute atomic E-state index is 0.216. The number of halogens is 1. The Hall–Kier alpha value is -1.68. The molecule has 1 saturated heterocycles. The largest absolute Gasteiger partial charge is 0.292 e. The van der Waals surface area contributed by atoms with E-state index in [2.05, 4.69) is 0 Å². The smallest absolute Gasteiger partial charge is 0.233 e. The maximum atomic E-state index is 12.1. The number of carbonyl (C=O) groups is 3. The molecule has 1 aliphatic rings. The molecular formula is C14H14ClNO3. The van der Waals surface area contributed by atoms with Crippen molar-refractivity contribution in [2.45, 2.75) is 13.8 Å². The van der Waals surface area contributed by atoms with Gasteiger partial charge in [-0.1, -0.05) is 37.6 Å². The molecule has 1 aliphatic heterocycles. The number of rotatable bonds is 3. The lowest BCUT2D eigenvalue weighted by Crippen LogP contribution is -2.35. The van der Waals surface area contributed by atoms with Gasteiger partial charge in [-0.3, -0.25) is 19.3 Å². The first-order valence-corrected chi connectivity index (χ1v) is 6.43. The predicted molar refractivity (Wildman–Crippen MR) is 70.8 cm³/mol. The zero-order valence-corrected chi connectivity index (χ0v) is 11.5. The molecule has 1 aromatic carbocycles. The first-order valence-electron chi connectivity index (χ1n) is 6.06. The zero-order valence-electron chi connectivity index (χ0n) is 10.7. The number of ketones is 1. The molecule has 2 unspecified atom stereocenters. The van der Waals surface area contributed by atoms with Gasteiger partial charge in [0.05, 0.1) is 6.54 Å².